The summed E-state index contributed by atoms with van der Waals surface area (Å²) in [5.41, 5.74) is 1.31. The summed E-state index contributed by atoms with van der Waals surface area (Å²) in [4.78, 5) is 11.9. The number of aryl methyl sites for hydroxylation is 1. The Labute approximate surface area is 192 Å². The van der Waals surface area contributed by atoms with Gasteiger partial charge < -0.3 is 29.2 Å². The number of hydrogen-bond acceptors (Lipinski definition) is 7. The lowest BCUT2D eigenvalue weighted by Crippen LogP contribution is -2.46. The van der Waals surface area contributed by atoms with Crippen molar-refractivity contribution in [3.05, 3.63) is 42.0 Å². The van der Waals surface area contributed by atoms with E-state index in [2.05, 4.69) is 13.5 Å². The number of unbranched alkanes of at least 4 members (excludes halogenated alkanes) is 6. The molecule has 1 atom stereocenters. The summed E-state index contributed by atoms with van der Waals surface area (Å²) in [5, 5.41) is 19.4. The molecule has 1 rings (SSSR count). The summed E-state index contributed by atoms with van der Waals surface area (Å²) < 4.78 is 21.0. The minimum atomic E-state index is -2.30. The van der Waals surface area contributed by atoms with Gasteiger partial charge in [-0.15, -0.1) is 0 Å². The van der Waals surface area contributed by atoms with E-state index in [1.54, 1.807) is 12.1 Å². The Morgan fingerprint density at radius 2 is 1.59 bits per heavy atom. The molecule has 1 aromatic rings. The van der Waals surface area contributed by atoms with Gasteiger partial charge in [-0.25, -0.2) is 4.79 Å². The first-order chi connectivity index (χ1) is 15.4. The Balaban J connectivity index is 2.54. The summed E-state index contributed by atoms with van der Waals surface area (Å²) in [6, 6.07) is 7.36. The molecule has 0 aromatic heterocycles. The monoisotopic (exact) mass is 452 g/mol. The van der Waals surface area contributed by atoms with Gasteiger partial charge in [0.15, 0.2) is 6.61 Å². The molecule has 0 amide bonds. The zero-order chi connectivity index (χ0) is 23.7. The van der Waals surface area contributed by atoms with Crippen LogP contribution in [0.3, 0.4) is 0 Å². The quantitative estimate of drug-likeness (QED) is 0.141. The molecule has 0 aliphatic rings. The maximum absolute atomic E-state index is 11.9. The second kappa shape index (κ2) is 16.7. The van der Waals surface area contributed by atoms with Crippen LogP contribution in [0.2, 0.25) is 0 Å². The van der Waals surface area contributed by atoms with E-state index in [1.165, 1.54) is 51.0 Å². The Morgan fingerprint density at radius 1 is 0.969 bits per heavy atom. The van der Waals surface area contributed by atoms with E-state index in [0.717, 1.165) is 12.8 Å². The number of aliphatic hydroxyl groups excluding tert-OH is 1. The van der Waals surface area contributed by atoms with Crippen LogP contribution in [0.1, 0.15) is 64.4 Å². The van der Waals surface area contributed by atoms with Crippen LogP contribution in [0, 0.1) is 0 Å². The number of esters is 1. The zero-order valence-electron chi connectivity index (χ0n) is 19.6. The van der Waals surface area contributed by atoms with E-state index in [0.29, 0.717) is 5.75 Å². The fourth-order valence-electron chi connectivity index (χ4n) is 2.99. The highest BCUT2D eigenvalue weighted by Gasteiger charge is 2.35. The molecule has 7 heteroatoms. The molecule has 0 radical (unpaired) electrons. The first kappa shape index (κ1) is 28.1. The number of rotatable bonds is 19. The molecule has 0 saturated carbocycles. The van der Waals surface area contributed by atoms with Crippen molar-refractivity contribution in [2.45, 2.75) is 71.2 Å². The van der Waals surface area contributed by atoms with Gasteiger partial charge in [0.25, 0.3) is 0 Å². The molecule has 0 saturated heterocycles. The second-order valence-corrected chi connectivity index (χ2v) is 7.89. The van der Waals surface area contributed by atoms with Crippen molar-refractivity contribution in [3.8, 4) is 5.75 Å². The Kier molecular flexibility index (Phi) is 14.6. The third-order valence-electron chi connectivity index (χ3n) is 4.76. The van der Waals surface area contributed by atoms with E-state index in [9.17, 15) is 9.90 Å². The van der Waals surface area contributed by atoms with Crippen molar-refractivity contribution >= 4 is 5.97 Å². The van der Waals surface area contributed by atoms with Crippen molar-refractivity contribution in [1.82, 2.24) is 0 Å². The van der Waals surface area contributed by atoms with E-state index in [1.807, 2.05) is 12.1 Å². The average Bonchev–Trinajstić information content (AvgIpc) is 2.76. The first-order valence-corrected chi connectivity index (χ1v) is 11.6. The predicted octanol–water partition coefficient (Wildman–Crippen LogP) is 4.15. The van der Waals surface area contributed by atoms with Gasteiger partial charge in [-0.05, 0) is 37.5 Å². The fourth-order valence-corrected chi connectivity index (χ4v) is 2.99. The van der Waals surface area contributed by atoms with Gasteiger partial charge >= 0.3 is 11.9 Å². The molecule has 7 nitrogen and oxygen atoms in total. The summed E-state index contributed by atoms with van der Waals surface area (Å²) in [5.74, 6) is -2.74. The predicted molar refractivity (Wildman–Crippen MR) is 123 cm³/mol. The van der Waals surface area contributed by atoms with Gasteiger partial charge in [0, 0.05) is 5.57 Å². The largest absolute Gasteiger partial charge is 0.428 e. The van der Waals surface area contributed by atoms with Gasteiger partial charge in [0.05, 0.1) is 26.4 Å². The molecule has 2 N–H and O–H groups in total. The molecular weight excluding hydrogens is 412 g/mol. The fraction of sp³-hybridized carbons (Fsp3) is 0.640. The van der Waals surface area contributed by atoms with E-state index in [-0.39, 0.29) is 32.0 Å². The number of hydrogen-bond donors (Lipinski definition) is 2. The minimum absolute atomic E-state index is 0.0851. The van der Waals surface area contributed by atoms with Crippen LogP contribution in [0.25, 0.3) is 0 Å². The van der Waals surface area contributed by atoms with Crippen molar-refractivity contribution in [1.29, 1.82) is 0 Å². The maximum Gasteiger partial charge on any atom is 0.396 e. The van der Waals surface area contributed by atoms with Gasteiger partial charge in [-0.2, -0.15) is 0 Å². The highest BCUT2D eigenvalue weighted by molar-refractivity contribution is 5.87. The van der Waals surface area contributed by atoms with Crippen molar-refractivity contribution in [2.75, 3.05) is 33.0 Å². The van der Waals surface area contributed by atoms with Crippen LogP contribution >= 0.6 is 0 Å². The van der Waals surface area contributed by atoms with Crippen LogP contribution in [-0.4, -0.2) is 55.2 Å². The van der Waals surface area contributed by atoms with Gasteiger partial charge in [-0.3, -0.25) is 0 Å². The van der Waals surface area contributed by atoms with Crippen LogP contribution < -0.4 is 4.74 Å². The number of benzene rings is 1. The number of carbonyl (C=O) groups excluding carboxylic acids is 1. The molecule has 32 heavy (non-hydrogen) atoms. The molecular formula is C25H40O7. The van der Waals surface area contributed by atoms with Crippen molar-refractivity contribution in [3.63, 3.8) is 0 Å². The van der Waals surface area contributed by atoms with Gasteiger partial charge in [0.2, 0.25) is 0 Å². The molecule has 1 unspecified atom stereocenters. The highest BCUT2D eigenvalue weighted by atomic mass is 16.8. The lowest BCUT2D eigenvalue weighted by atomic mass is 10.0. The lowest BCUT2D eigenvalue weighted by molar-refractivity contribution is -0.319. The number of aliphatic hydroxyl groups is 2. The SMILES string of the molecule is C=C(C)C(=O)OC(O)(COCCOCCO)Oc1ccc(CCCCCCCCC)cc1. The Bertz CT molecular complexity index is 644. The molecule has 182 valence electrons. The Hall–Kier alpha value is -1.93. The zero-order valence-corrected chi connectivity index (χ0v) is 19.6. The standard InChI is InChI=1S/C25H40O7/c1-4-5-6-7-8-9-10-11-22-12-14-23(15-13-22)31-25(28,32-24(27)21(2)3)20-30-19-18-29-17-16-26/h12-15,26,28H,2,4-11,16-20H2,1,3H3. The summed E-state index contributed by atoms with van der Waals surface area (Å²) in [7, 11) is 0. The van der Waals surface area contributed by atoms with Gasteiger partial charge in [-0.1, -0.05) is 64.2 Å². The van der Waals surface area contributed by atoms with Crippen LogP contribution in [-0.2, 0) is 25.4 Å². The minimum Gasteiger partial charge on any atom is -0.428 e. The topological polar surface area (TPSA) is 94.5 Å². The van der Waals surface area contributed by atoms with E-state index < -0.39 is 18.5 Å². The molecule has 0 aliphatic heterocycles. The van der Waals surface area contributed by atoms with E-state index >= 15 is 0 Å². The van der Waals surface area contributed by atoms with Crippen LogP contribution in [0.15, 0.2) is 36.4 Å². The van der Waals surface area contributed by atoms with Crippen molar-refractivity contribution < 1.29 is 34.0 Å². The van der Waals surface area contributed by atoms with E-state index in [4.69, 9.17) is 24.1 Å². The summed E-state index contributed by atoms with van der Waals surface area (Å²) in [6.45, 7) is 7.27. The normalized spacial score (nSPS) is 12.9. The lowest BCUT2D eigenvalue weighted by Gasteiger charge is -2.28. The maximum atomic E-state index is 11.9. The molecule has 0 heterocycles. The van der Waals surface area contributed by atoms with Crippen LogP contribution in [0.5, 0.6) is 5.75 Å². The number of carbonyl (C=O) groups is 1. The molecule has 1 aromatic carbocycles. The summed E-state index contributed by atoms with van der Waals surface area (Å²) >= 11 is 0. The molecule has 0 aliphatic carbocycles. The molecule has 0 bridgehead atoms. The van der Waals surface area contributed by atoms with Gasteiger partial charge in [0.1, 0.15) is 5.75 Å². The summed E-state index contributed by atoms with van der Waals surface area (Å²) in [6.07, 6.45) is 9.82. The highest BCUT2D eigenvalue weighted by Crippen LogP contribution is 2.21. The molecule has 0 spiro atoms. The first-order valence-electron chi connectivity index (χ1n) is 11.6. The average molecular weight is 453 g/mol. The second-order valence-electron chi connectivity index (χ2n) is 7.89. The van der Waals surface area contributed by atoms with Crippen molar-refractivity contribution in [2.24, 2.45) is 0 Å². The van der Waals surface area contributed by atoms with Crippen LogP contribution in [0.4, 0.5) is 0 Å². The number of ether oxygens (including phenoxy) is 4. The third kappa shape index (κ3) is 12.8. The third-order valence-corrected chi connectivity index (χ3v) is 4.76. The Morgan fingerprint density at radius 3 is 2.22 bits per heavy atom. The molecule has 0 fully saturated rings. The smallest absolute Gasteiger partial charge is 0.396 e.